The van der Waals surface area contributed by atoms with Gasteiger partial charge in [-0.25, -0.2) is 38.7 Å². The quantitative estimate of drug-likeness (QED) is 0.224. The summed E-state index contributed by atoms with van der Waals surface area (Å²) in [6, 6.07) is 0. The van der Waals surface area contributed by atoms with Gasteiger partial charge >= 0.3 is 0 Å². The Hall–Kier alpha value is -3.09. The molecule has 0 aliphatic carbocycles. The number of rotatable bonds is 2. The van der Waals surface area contributed by atoms with E-state index < -0.39 is 77.4 Å². The van der Waals surface area contributed by atoms with Crippen LogP contribution in [0.4, 0.5) is 20.4 Å². The van der Waals surface area contributed by atoms with Gasteiger partial charge in [0, 0.05) is 0 Å². The van der Waals surface area contributed by atoms with Crippen molar-refractivity contribution in [2.24, 2.45) is 0 Å². The van der Waals surface area contributed by atoms with Crippen molar-refractivity contribution < 1.29 is 45.5 Å². The number of nitrogen functional groups attached to an aromatic ring is 2. The molecule has 3 saturated heterocycles. The number of aromatic nitrogens is 8. The monoisotopic (exact) mass is 650 g/mol. The van der Waals surface area contributed by atoms with Gasteiger partial charge < -0.3 is 39.0 Å². The molecule has 7 rings (SSSR count). The van der Waals surface area contributed by atoms with Gasteiger partial charge in [-0.15, -0.1) is 0 Å². The van der Waals surface area contributed by atoms with E-state index >= 15 is 8.78 Å². The third kappa shape index (κ3) is 5.08. The number of imidazole rings is 2. The van der Waals surface area contributed by atoms with Crippen LogP contribution in [0.25, 0.3) is 22.3 Å². The highest BCUT2D eigenvalue weighted by Crippen LogP contribution is 2.54. The average Bonchev–Trinajstić information content (AvgIpc) is 3.73. The van der Waals surface area contributed by atoms with E-state index in [2.05, 4.69) is 29.9 Å². The fraction of sp³-hybridized carbons (Fsp3) is 0.500. The van der Waals surface area contributed by atoms with Crippen LogP contribution in [0.3, 0.4) is 0 Å². The van der Waals surface area contributed by atoms with Crippen molar-refractivity contribution >= 4 is 64.0 Å². The first-order chi connectivity index (χ1) is 20.9. The molecule has 4 N–H and O–H groups in total. The molecule has 2 unspecified atom stereocenters. The SMILES string of the molecule is [B][P@@]1(=O)OC[C@H]2O[C@@H](n3cnc4c(N)ncnc43)C(F)[C@H]2O[P@]([B])(=O)OC[C@H]2O[C@@H](n3cnc4c(N)ncnc43)[C@@H](F)C2O1. The van der Waals surface area contributed by atoms with Gasteiger partial charge in [-0.05, 0) is 0 Å². The largest absolute Gasteiger partial charge is 0.382 e. The van der Waals surface area contributed by atoms with Crippen molar-refractivity contribution in [1.29, 1.82) is 0 Å². The second-order valence-electron chi connectivity index (χ2n) is 10.00. The topological polar surface area (TPSA) is 229 Å². The first-order valence-corrected chi connectivity index (χ1v) is 16.0. The number of halogens is 2. The van der Waals surface area contributed by atoms with E-state index in [1.807, 2.05) is 0 Å². The van der Waals surface area contributed by atoms with Crippen LogP contribution in [0.5, 0.6) is 0 Å². The van der Waals surface area contributed by atoms with Gasteiger partial charge in [-0.1, -0.05) is 0 Å². The number of hydrogen-bond donors (Lipinski definition) is 2. The molecule has 10 atom stereocenters. The zero-order valence-electron chi connectivity index (χ0n) is 22.1. The summed E-state index contributed by atoms with van der Waals surface area (Å²) in [6.45, 7) is -1.44. The summed E-state index contributed by atoms with van der Waals surface area (Å²) in [5.41, 5.74) is 12.2. The molecule has 4 radical (unpaired) electrons. The number of anilines is 2. The third-order valence-electron chi connectivity index (χ3n) is 7.23. The van der Waals surface area contributed by atoms with Crippen LogP contribution >= 0.6 is 14.9 Å². The first kappa shape index (κ1) is 29.6. The minimum atomic E-state index is -4.59. The molecule has 3 aliphatic rings. The molecule has 4 aromatic heterocycles. The molecule has 24 heteroatoms. The van der Waals surface area contributed by atoms with Crippen molar-refractivity contribution in [2.45, 2.75) is 49.2 Å². The predicted octanol–water partition coefficient (Wildman–Crippen LogP) is 0.672. The molecule has 7 heterocycles. The average molecular weight is 650 g/mol. The second-order valence-corrected chi connectivity index (χ2v) is 13.1. The van der Waals surface area contributed by atoms with Crippen molar-refractivity contribution in [3.05, 3.63) is 25.3 Å². The number of ether oxygens (including phenoxy) is 2. The Morgan fingerprint density at radius 1 is 0.727 bits per heavy atom. The fourth-order valence-corrected chi connectivity index (χ4v) is 7.24. The summed E-state index contributed by atoms with van der Waals surface area (Å²) in [4.78, 5) is 23.9. The van der Waals surface area contributed by atoms with Gasteiger partial charge in [0.25, 0.3) is 14.9 Å². The minimum Gasteiger partial charge on any atom is -0.382 e. The summed E-state index contributed by atoms with van der Waals surface area (Å²) >= 11 is 0. The van der Waals surface area contributed by atoms with E-state index in [0.717, 1.165) is 12.7 Å². The maximum absolute atomic E-state index is 15.9. The molecule has 3 aliphatic heterocycles. The zero-order valence-corrected chi connectivity index (χ0v) is 23.9. The highest BCUT2D eigenvalue weighted by molar-refractivity contribution is 7.79. The van der Waals surface area contributed by atoms with Crippen LogP contribution in [0.15, 0.2) is 25.3 Å². The summed E-state index contributed by atoms with van der Waals surface area (Å²) in [5, 5.41) is 0. The van der Waals surface area contributed by atoms with Gasteiger partial charge in [-0.2, -0.15) is 0 Å². The molecule has 0 bridgehead atoms. The highest BCUT2D eigenvalue weighted by atomic mass is 31.2. The molecule has 228 valence electrons. The summed E-state index contributed by atoms with van der Waals surface area (Å²) in [7, 11) is 2.45. The van der Waals surface area contributed by atoms with Crippen molar-refractivity contribution in [2.75, 3.05) is 24.7 Å². The maximum Gasteiger partial charge on any atom is 0.264 e. The lowest BCUT2D eigenvalue weighted by Gasteiger charge is -2.29. The van der Waals surface area contributed by atoms with E-state index in [-0.39, 0.29) is 34.0 Å². The van der Waals surface area contributed by atoms with Gasteiger partial charge in [-0.3, -0.25) is 18.3 Å². The predicted molar refractivity (Wildman–Crippen MR) is 145 cm³/mol. The van der Waals surface area contributed by atoms with Crippen molar-refractivity contribution in [1.82, 2.24) is 39.0 Å². The van der Waals surface area contributed by atoms with Crippen LogP contribution in [0.1, 0.15) is 12.5 Å². The molecule has 44 heavy (non-hydrogen) atoms. The lowest BCUT2D eigenvalue weighted by Crippen LogP contribution is -2.37. The normalized spacial score (nSPS) is 38.2. The zero-order chi connectivity index (χ0) is 31.0. The van der Waals surface area contributed by atoms with E-state index in [0.29, 0.717) is 0 Å². The smallest absolute Gasteiger partial charge is 0.264 e. The van der Waals surface area contributed by atoms with E-state index in [1.54, 1.807) is 0 Å². The number of nitrogens with two attached hydrogens (primary N) is 2. The number of alkyl halides is 2. The summed E-state index contributed by atoms with van der Waals surface area (Å²) < 4.78 is 93.7. The van der Waals surface area contributed by atoms with Gasteiger partial charge in [0.05, 0.1) is 25.9 Å². The molecular formula is C20H20B2F2N10O8P2. The lowest BCUT2D eigenvalue weighted by molar-refractivity contribution is -0.0548. The lowest BCUT2D eigenvalue weighted by atomic mass is 10.1. The summed E-state index contributed by atoms with van der Waals surface area (Å²) in [6.07, 6.45) is -8.62. The Morgan fingerprint density at radius 2 is 1.14 bits per heavy atom. The Bertz CT molecular complexity index is 1710. The summed E-state index contributed by atoms with van der Waals surface area (Å²) in [5.74, 6) is 0.0724. The molecule has 18 nitrogen and oxygen atoms in total. The second kappa shape index (κ2) is 10.8. The fourth-order valence-electron chi connectivity index (χ4n) is 5.22. The maximum atomic E-state index is 15.9. The first-order valence-electron chi connectivity index (χ1n) is 12.8. The molecule has 0 spiro atoms. The molecule has 0 saturated carbocycles. The number of fused-ring (bicyclic) bond motifs is 4. The van der Waals surface area contributed by atoms with E-state index in [1.165, 1.54) is 21.8 Å². The molecule has 0 amide bonds. The Labute approximate surface area is 247 Å². The minimum absolute atomic E-state index is 0.0362. The van der Waals surface area contributed by atoms with Crippen LogP contribution < -0.4 is 11.5 Å². The van der Waals surface area contributed by atoms with E-state index in [4.69, 9.17) is 54.2 Å². The van der Waals surface area contributed by atoms with Gasteiger partial charge in [0.2, 0.25) is 15.1 Å². The molecule has 0 aromatic carbocycles. The van der Waals surface area contributed by atoms with Crippen molar-refractivity contribution in [3.63, 3.8) is 0 Å². The van der Waals surface area contributed by atoms with Crippen LogP contribution in [-0.4, -0.2) is 104 Å². The van der Waals surface area contributed by atoms with Crippen molar-refractivity contribution in [3.8, 4) is 0 Å². The number of nitrogens with zero attached hydrogens (tertiary/aromatic N) is 8. The highest BCUT2D eigenvalue weighted by Gasteiger charge is 2.53. The molecule has 3 fully saturated rings. The Kier molecular flexibility index (Phi) is 7.25. The Morgan fingerprint density at radius 3 is 1.55 bits per heavy atom. The Balaban J connectivity index is 1.17. The van der Waals surface area contributed by atoms with Gasteiger partial charge in [0.15, 0.2) is 47.7 Å². The third-order valence-corrected chi connectivity index (χ3v) is 9.32. The van der Waals surface area contributed by atoms with Gasteiger partial charge in [0.1, 0.15) is 48.1 Å². The number of hydrogen-bond acceptors (Lipinski definition) is 16. The standard InChI is InChI=1S/C20H20B2F2N10O8P2/c21-43(35)37-1-7-13(9(23)19(39-7)33-5-31-11-15(25)27-3-29-17(11)33)41-44(22,36)38-2-8-14(42-43)10(24)20(40-8)34-6-32-12-16(26)28-4-30-18(12)34/h3-10,13-14,19-20H,1-2H2,(H2,25,27,29)(H2,26,28,30)/t7-,8-,9+,10?,13?,14+,19-,20-,43-,44-/m1/s1. The molecular weight excluding hydrogens is 630 g/mol. The van der Waals surface area contributed by atoms with Crippen LogP contribution in [-0.2, 0) is 36.7 Å². The van der Waals surface area contributed by atoms with Crippen LogP contribution in [0.2, 0.25) is 0 Å². The molecule has 4 aromatic rings. The van der Waals surface area contributed by atoms with E-state index in [9.17, 15) is 9.13 Å². The van der Waals surface area contributed by atoms with Crippen LogP contribution in [0, 0.1) is 0 Å².